The van der Waals surface area contributed by atoms with Gasteiger partial charge in [0.1, 0.15) is 5.75 Å². The van der Waals surface area contributed by atoms with Crippen LogP contribution in [0.4, 0.5) is 0 Å². The zero-order chi connectivity index (χ0) is 18.0. The second-order valence-electron chi connectivity index (χ2n) is 5.77. The molecule has 25 heavy (non-hydrogen) atoms. The van der Waals surface area contributed by atoms with Crippen molar-refractivity contribution in [3.63, 3.8) is 0 Å². The summed E-state index contributed by atoms with van der Waals surface area (Å²) in [7, 11) is 1.64. The molecule has 3 rings (SSSR count). The summed E-state index contributed by atoms with van der Waals surface area (Å²) in [5.41, 5.74) is 1.28. The summed E-state index contributed by atoms with van der Waals surface area (Å²) < 4.78 is 7.11. The molecule has 6 heteroatoms. The van der Waals surface area contributed by atoms with Crippen molar-refractivity contribution in [1.82, 2.24) is 4.57 Å². The van der Waals surface area contributed by atoms with E-state index in [0.29, 0.717) is 23.3 Å². The van der Waals surface area contributed by atoms with Gasteiger partial charge in [0.15, 0.2) is 4.80 Å². The number of aromatic hydroxyl groups is 1. The van der Waals surface area contributed by atoms with Crippen LogP contribution >= 0.6 is 11.3 Å². The van der Waals surface area contributed by atoms with Crippen molar-refractivity contribution in [3.8, 4) is 5.75 Å². The molecule has 0 aliphatic carbocycles. The Labute approximate surface area is 149 Å². The lowest BCUT2D eigenvalue weighted by molar-refractivity contribution is 0.0995. The van der Waals surface area contributed by atoms with E-state index in [4.69, 9.17) is 4.74 Å². The summed E-state index contributed by atoms with van der Waals surface area (Å²) >= 11 is 1.46. The molecule has 0 radical (unpaired) electrons. The van der Waals surface area contributed by atoms with E-state index in [1.54, 1.807) is 19.2 Å². The number of amides is 1. The lowest BCUT2D eigenvalue weighted by atomic mass is 10.1. The minimum atomic E-state index is -0.448. The van der Waals surface area contributed by atoms with Crippen LogP contribution in [0.5, 0.6) is 5.75 Å². The maximum absolute atomic E-state index is 12.7. The molecule has 3 aromatic rings. The number of aryl methyl sites for hydroxylation is 1. The van der Waals surface area contributed by atoms with Gasteiger partial charge in [-0.1, -0.05) is 30.3 Å². The molecule has 0 bridgehead atoms. The van der Waals surface area contributed by atoms with Crippen LogP contribution in [0.2, 0.25) is 0 Å². The number of carbonyl (C=O) groups excluding carboxylic acids is 1. The van der Waals surface area contributed by atoms with E-state index in [1.807, 2.05) is 42.7 Å². The molecule has 1 N–H and O–H groups in total. The van der Waals surface area contributed by atoms with E-state index in [0.717, 1.165) is 16.0 Å². The third kappa shape index (κ3) is 3.36. The molecular formula is C19H20N2O3S. The number of thiazole rings is 1. The van der Waals surface area contributed by atoms with Crippen LogP contribution in [0.15, 0.2) is 41.4 Å². The van der Waals surface area contributed by atoms with Gasteiger partial charge >= 0.3 is 0 Å². The molecule has 130 valence electrons. The third-order valence-corrected chi connectivity index (χ3v) is 5.33. The minimum Gasteiger partial charge on any atom is -0.506 e. The molecule has 0 fully saturated rings. The van der Waals surface area contributed by atoms with Crippen molar-refractivity contribution in [2.75, 3.05) is 13.7 Å². The first-order valence-electron chi connectivity index (χ1n) is 7.98. The Balaban J connectivity index is 2.07. The highest BCUT2D eigenvalue weighted by Gasteiger charge is 2.14. The smallest absolute Gasteiger partial charge is 0.283 e. The van der Waals surface area contributed by atoms with E-state index < -0.39 is 5.91 Å². The molecule has 5 nitrogen and oxygen atoms in total. The number of ether oxygens (including phenoxy) is 1. The highest BCUT2D eigenvalue weighted by Crippen LogP contribution is 2.29. The Morgan fingerprint density at radius 1 is 1.24 bits per heavy atom. The number of aromatic nitrogens is 1. The first kappa shape index (κ1) is 17.4. The van der Waals surface area contributed by atoms with Crippen molar-refractivity contribution in [1.29, 1.82) is 0 Å². The number of methoxy groups -OCH3 is 1. The number of nitrogens with zero attached hydrogens (tertiary/aromatic N) is 2. The standard InChI is InChI=1S/C19H20N2O3S/c1-12-13(2)25-19(21(12)10-11-24-3)20-18(23)16-9-8-14-6-4-5-7-15(14)17(16)22/h4-9,22H,10-11H2,1-3H3. The SMILES string of the molecule is COCCn1c(C)c(C)sc1=NC(=O)c1ccc2ccccc2c1O. The van der Waals surface area contributed by atoms with Gasteiger partial charge < -0.3 is 14.4 Å². The molecule has 0 atom stereocenters. The number of fused-ring (bicyclic) bond motifs is 1. The Hall–Kier alpha value is -2.44. The Kier molecular flexibility index (Phi) is 5.01. The first-order valence-corrected chi connectivity index (χ1v) is 8.80. The largest absolute Gasteiger partial charge is 0.506 e. The van der Waals surface area contributed by atoms with E-state index in [2.05, 4.69) is 4.99 Å². The Morgan fingerprint density at radius 3 is 2.76 bits per heavy atom. The van der Waals surface area contributed by atoms with Crippen molar-refractivity contribution >= 4 is 28.0 Å². The predicted molar refractivity (Wildman–Crippen MR) is 99.2 cm³/mol. The van der Waals surface area contributed by atoms with Crippen molar-refractivity contribution in [2.45, 2.75) is 20.4 Å². The summed E-state index contributed by atoms with van der Waals surface area (Å²) in [5, 5.41) is 12.0. The molecule has 0 aliphatic heterocycles. The molecule has 0 saturated heterocycles. The molecule has 0 saturated carbocycles. The molecule has 2 aromatic carbocycles. The van der Waals surface area contributed by atoms with Gasteiger partial charge in [-0.3, -0.25) is 4.79 Å². The summed E-state index contributed by atoms with van der Waals surface area (Å²) in [6, 6.07) is 10.9. The zero-order valence-corrected chi connectivity index (χ0v) is 15.3. The van der Waals surface area contributed by atoms with Gasteiger partial charge in [-0.25, -0.2) is 0 Å². The second kappa shape index (κ2) is 7.21. The number of hydrogen-bond donors (Lipinski definition) is 1. The molecule has 0 aliphatic rings. The zero-order valence-electron chi connectivity index (χ0n) is 14.4. The third-order valence-electron chi connectivity index (χ3n) is 4.24. The number of carbonyl (C=O) groups is 1. The average Bonchev–Trinajstić information content (AvgIpc) is 2.87. The van der Waals surface area contributed by atoms with E-state index in [-0.39, 0.29) is 11.3 Å². The van der Waals surface area contributed by atoms with Gasteiger partial charge in [0.2, 0.25) is 0 Å². The van der Waals surface area contributed by atoms with Gasteiger partial charge in [-0.2, -0.15) is 4.99 Å². The summed E-state index contributed by atoms with van der Waals surface area (Å²) in [5.74, 6) is -0.476. The average molecular weight is 356 g/mol. The van der Waals surface area contributed by atoms with Gasteiger partial charge in [0.25, 0.3) is 5.91 Å². The van der Waals surface area contributed by atoms with E-state index in [1.165, 1.54) is 11.3 Å². The molecule has 0 unspecified atom stereocenters. The van der Waals surface area contributed by atoms with Crippen molar-refractivity contribution < 1.29 is 14.6 Å². The normalized spacial score (nSPS) is 12.0. The van der Waals surface area contributed by atoms with Gasteiger partial charge in [0, 0.05) is 29.6 Å². The Bertz CT molecular complexity index is 1000. The van der Waals surface area contributed by atoms with E-state index in [9.17, 15) is 9.90 Å². The van der Waals surface area contributed by atoms with Gasteiger partial charge in [-0.15, -0.1) is 11.3 Å². The predicted octanol–water partition coefficient (Wildman–Crippen LogP) is 3.41. The first-order chi connectivity index (χ1) is 12.0. The monoisotopic (exact) mass is 356 g/mol. The van der Waals surface area contributed by atoms with Crippen LogP contribution in [0.3, 0.4) is 0 Å². The lowest BCUT2D eigenvalue weighted by Crippen LogP contribution is -2.20. The maximum Gasteiger partial charge on any atom is 0.283 e. The van der Waals surface area contributed by atoms with Crippen LogP contribution in [-0.2, 0) is 11.3 Å². The molecule has 1 amide bonds. The van der Waals surface area contributed by atoms with Crippen LogP contribution < -0.4 is 4.80 Å². The van der Waals surface area contributed by atoms with Crippen LogP contribution in [0, 0.1) is 13.8 Å². The molecule has 0 spiro atoms. The van der Waals surface area contributed by atoms with E-state index >= 15 is 0 Å². The number of rotatable bonds is 4. The van der Waals surface area contributed by atoms with Crippen LogP contribution in [0.1, 0.15) is 20.9 Å². The molecule has 1 aromatic heterocycles. The highest BCUT2D eigenvalue weighted by molar-refractivity contribution is 7.09. The Morgan fingerprint density at radius 2 is 2.00 bits per heavy atom. The maximum atomic E-state index is 12.7. The number of benzene rings is 2. The minimum absolute atomic E-state index is 0.0275. The van der Waals surface area contributed by atoms with Crippen LogP contribution in [-0.4, -0.2) is 29.3 Å². The van der Waals surface area contributed by atoms with Crippen molar-refractivity contribution in [2.24, 2.45) is 4.99 Å². The summed E-state index contributed by atoms with van der Waals surface area (Å²) in [4.78, 5) is 18.6. The fourth-order valence-corrected chi connectivity index (χ4v) is 3.70. The molecular weight excluding hydrogens is 336 g/mol. The topological polar surface area (TPSA) is 63.8 Å². The summed E-state index contributed by atoms with van der Waals surface area (Å²) in [6.45, 7) is 5.17. The number of hydrogen-bond acceptors (Lipinski definition) is 4. The quantitative estimate of drug-likeness (QED) is 0.779. The fourth-order valence-electron chi connectivity index (χ4n) is 2.70. The van der Waals surface area contributed by atoms with Crippen LogP contribution in [0.25, 0.3) is 10.8 Å². The number of phenols is 1. The highest BCUT2D eigenvalue weighted by atomic mass is 32.1. The fraction of sp³-hybridized carbons (Fsp3) is 0.263. The summed E-state index contributed by atoms with van der Waals surface area (Å²) in [6.07, 6.45) is 0. The van der Waals surface area contributed by atoms with Gasteiger partial charge in [0.05, 0.1) is 12.2 Å². The number of phenolic OH excluding ortho intramolecular Hbond substituents is 1. The van der Waals surface area contributed by atoms with Crippen molar-refractivity contribution in [3.05, 3.63) is 57.3 Å². The van der Waals surface area contributed by atoms with Gasteiger partial charge in [-0.05, 0) is 25.3 Å². The second-order valence-corrected chi connectivity index (χ2v) is 6.95. The molecule has 1 heterocycles. The lowest BCUT2D eigenvalue weighted by Gasteiger charge is -2.06.